The van der Waals surface area contributed by atoms with Crippen molar-refractivity contribution in [3.05, 3.63) is 72.4 Å². The first-order valence-corrected chi connectivity index (χ1v) is 5.53. The number of benzene rings is 2. The summed E-state index contributed by atoms with van der Waals surface area (Å²) in [5, 5.41) is 0. The quantitative estimate of drug-likeness (QED) is 0.809. The van der Waals surface area contributed by atoms with E-state index in [1.54, 1.807) is 12.1 Å². The lowest BCUT2D eigenvalue weighted by molar-refractivity contribution is 0.321. The van der Waals surface area contributed by atoms with Gasteiger partial charge in [0.2, 0.25) is 0 Å². The standard InChI is InChI=1S/C15H14FO.2ClH/c1-12-2-4-13(5-3-12)10-11-17-15-8-6-14(16)7-9-15;;/h2-9H,1,10-11H2;2*1H. The normalized spacial score (nSPS) is 9.16. The summed E-state index contributed by atoms with van der Waals surface area (Å²) in [6, 6.07) is 14.1. The molecule has 1 radical (unpaired) electrons. The summed E-state index contributed by atoms with van der Waals surface area (Å²) in [7, 11) is 0. The molecular formula is C15H16Cl2FO. The van der Waals surface area contributed by atoms with Gasteiger partial charge >= 0.3 is 0 Å². The van der Waals surface area contributed by atoms with Crippen LogP contribution in [-0.2, 0) is 6.42 Å². The van der Waals surface area contributed by atoms with Crippen molar-refractivity contribution in [3.63, 3.8) is 0 Å². The molecule has 0 N–H and O–H groups in total. The summed E-state index contributed by atoms with van der Waals surface area (Å²) in [5.41, 5.74) is 2.22. The topological polar surface area (TPSA) is 9.23 Å². The third kappa shape index (κ3) is 5.95. The zero-order valence-electron chi connectivity index (χ0n) is 10.3. The Morgan fingerprint density at radius 2 is 1.47 bits per heavy atom. The van der Waals surface area contributed by atoms with Crippen molar-refractivity contribution >= 4 is 24.8 Å². The summed E-state index contributed by atoms with van der Waals surface area (Å²) in [6.07, 6.45) is 0.831. The second kappa shape index (κ2) is 8.78. The number of hydrogen-bond acceptors (Lipinski definition) is 1. The van der Waals surface area contributed by atoms with Gasteiger partial charge in [-0.05, 0) is 42.3 Å². The second-order valence-electron chi connectivity index (χ2n) is 3.87. The van der Waals surface area contributed by atoms with Crippen LogP contribution in [0.15, 0.2) is 48.5 Å². The fourth-order valence-electron chi connectivity index (χ4n) is 1.52. The molecule has 0 atom stereocenters. The number of rotatable bonds is 4. The van der Waals surface area contributed by atoms with Crippen LogP contribution in [0.2, 0.25) is 0 Å². The molecule has 19 heavy (non-hydrogen) atoms. The van der Waals surface area contributed by atoms with E-state index in [1.165, 1.54) is 17.7 Å². The number of hydrogen-bond donors (Lipinski definition) is 0. The van der Waals surface area contributed by atoms with Crippen LogP contribution in [0.25, 0.3) is 0 Å². The predicted octanol–water partition coefficient (Wildman–Crippen LogP) is 4.47. The summed E-state index contributed by atoms with van der Waals surface area (Å²) in [4.78, 5) is 0. The molecule has 0 saturated heterocycles. The molecule has 0 heterocycles. The highest BCUT2D eigenvalue weighted by Crippen LogP contribution is 2.12. The van der Waals surface area contributed by atoms with E-state index < -0.39 is 0 Å². The monoisotopic (exact) mass is 301 g/mol. The van der Waals surface area contributed by atoms with Crippen molar-refractivity contribution in [1.29, 1.82) is 0 Å². The van der Waals surface area contributed by atoms with Gasteiger partial charge in [-0.3, -0.25) is 0 Å². The molecule has 0 spiro atoms. The molecule has 0 amide bonds. The van der Waals surface area contributed by atoms with E-state index in [9.17, 15) is 4.39 Å². The zero-order valence-corrected chi connectivity index (χ0v) is 12.0. The third-order valence-corrected chi connectivity index (χ3v) is 2.50. The van der Waals surface area contributed by atoms with Crippen molar-refractivity contribution in [2.24, 2.45) is 0 Å². The number of halogens is 3. The van der Waals surface area contributed by atoms with Gasteiger partial charge in [0.05, 0.1) is 6.61 Å². The van der Waals surface area contributed by atoms with Gasteiger partial charge in [-0.15, -0.1) is 24.8 Å². The van der Waals surface area contributed by atoms with E-state index in [4.69, 9.17) is 4.74 Å². The van der Waals surface area contributed by atoms with Crippen LogP contribution in [-0.4, -0.2) is 6.61 Å². The van der Waals surface area contributed by atoms with Crippen LogP contribution in [0.3, 0.4) is 0 Å². The highest BCUT2D eigenvalue weighted by Gasteiger charge is 1.96. The molecule has 103 valence electrons. The summed E-state index contributed by atoms with van der Waals surface area (Å²) in [5.74, 6) is 0.448. The van der Waals surface area contributed by atoms with E-state index in [1.807, 2.05) is 24.3 Å². The zero-order chi connectivity index (χ0) is 12.1. The Morgan fingerprint density at radius 1 is 0.895 bits per heavy atom. The van der Waals surface area contributed by atoms with E-state index in [-0.39, 0.29) is 30.6 Å². The van der Waals surface area contributed by atoms with Gasteiger partial charge in [0.15, 0.2) is 0 Å². The van der Waals surface area contributed by atoms with Gasteiger partial charge in [-0.2, -0.15) is 0 Å². The molecule has 2 aromatic rings. The van der Waals surface area contributed by atoms with Crippen LogP contribution in [0.1, 0.15) is 11.1 Å². The molecule has 2 rings (SSSR count). The molecule has 0 aliphatic heterocycles. The summed E-state index contributed by atoms with van der Waals surface area (Å²) >= 11 is 0. The lowest BCUT2D eigenvalue weighted by atomic mass is 10.1. The largest absolute Gasteiger partial charge is 0.493 e. The Balaban J connectivity index is 0.00000162. The van der Waals surface area contributed by atoms with Crippen molar-refractivity contribution < 1.29 is 9.13 Å². The predicted molar refractivity (Wildman–Crippen MR) is 81.0 cm³/mol. The molecule has 1 nitrogen and oxygen atoms in total. The van der Waals surface area contributed by atoms with Crippen molar-refractivity contribution in [1.82, 2.24) is 0 Å². The lowest BCUT2D eigenvalue weighted by Crippen LogP contribution is -2.01. The average Bonchev–Trinajstić information content (AvgIpc) is 2.34. The van der Waals surface area contributed by atoms with E-state index in [0.717, 1.165) is 12.0 Å². The maximum absolute atomic E-state index is 12.7. The Morgan fingerprint density at radius 3 is 2.05 bits per heavy atom. The van der Waals surface area contributed by atoms with Gasteiger partial charge in [0, 0.05) is 6.42 Å². The Hall–Kier alpha value is -1.25. The van der Waals surface area contributed by atoms with E-state index >= 15 is 0 Å². The van der Waals surface area contributed by atoms with Crippen molar-refractivity contribution in [2.45, 2.75) is 6.42 Å². The first-order chi connectivity index (χ1) is 8.24. The third-order valence-electron chi connectivity index (χ3n) is 2.50. The molecule has 4 heteroatoms. The minimum absolute atomic E-state index is 0. The molecule has 0 fully saturated rings. The van der Waals surface area contributed by atoms with Gasteiger partial charge in [-0.25, -0.2) is 4.39 Å². The van der Waals surface area contributed by atoms with Gasteiger partial charge < -0.3 is 4.74 Å². The second-order valence-corrected chi connectivity index (χ2v) is 3.87. The Bertz CT molecular complexity index is 423. The van der Waals surface area contributed by atoms with Crippen LogP contribution in [0, 0.1) is 12.7 Å². The van der Waals surface area contributed by atoms with E-state index in [0.29, 0.717) is 12.4 Å². The highest BCUT2D eigenvalue weighted by molar-refractivity contribution is 5.85. The highest BCUT2D eigenvalue weighted by atomic mass is 35.5. The smallest absolute Gasteiger partial charge is 0.123 e. The minimum Gasteiger partial charge on any atom is -0.493 e. The fourth-order valence-corrected chi connectivity index (χ4v) is 1.52. The molecule has 0 saturated carbocycles. The minimum atomic E-state index is -0.247. The van der Waals surface area contributed by atoms with Crippen molar-refractivity contribution in [3.8, 4) is 5.75 Å². The van der Waals surface area contributed by atoms with Gasteiger partial charge in [0.25, 0.3) is 0 Å². The first kappa shape index (κ1) is 17.8. The molecule has 0 aromatic heterocycles. The molecule has 0 bridgehead atoms. The van der Waals surface area contributed by atoms with Crippen LogP contribution < -0.4 is 4.74 Å². The molecule has 0 aliphatic carbocycles. The molecule has 2 aromatic carbocycles. The average molecular weight is 302 g/mol. The maximum Gasteiger partial charge on any atom is 0.123 e. The molecular weight excluding hydrogens is 286 g/mol. The summed E-state index contributed by atoms with van der Waals surface area (Å²) < 4.78 is 18.2. The number of ether oxygens (including phenoxy) is 1. The Labute approximate surface area is 125 Å². The lowest BCUT2D eigenvalue weighted by Gasteiger charge is -2.06. The van der Waals surface area contributed by atoms with E-state index in [2.05, 4.69) is 6.92 Å². The fraction of sp³-hybridized carbons (Fsp3) is 0.133. The van der Waals surface area contributed by atoms with Gasteiger partial charge in [-0.1, -0.05) is 24.3 Å². The summed E-state index contributed by atoms with van der Waals surface area (Å²) in [6.45, 7) is 4.42. The van der Waals surface area contributed by atoms with Crippen LogP contribution in [0.5, 0.6) is 5.75 Å². The van der Waals surface area contributed by atoms with Crippen LogP contribution >= 0.6 is 24.8 Å². The van der Waals surface area contributed by atoms with Crippen LogP contribution in [0.4, 0.5) is 4.39 Å². The first-order valence-electron chi connectivity index (χ1n) is 5.53. The Kier molecular flexibility index (Phi) is 8.21. The maximum atomic E-state index is 12.7. The van der Waals surface area contributed by atoms with Gasteiger partial charge in [0.1, 0.15) is 11.6 Å². The molecule has 0 aliphatic rings. The van der Waals surface area contributed by atoms with Crippen molar-refractivity contribution in [2.75, 3.05) is 6.61 Å². The molecule has 0 unspecified atom stereocenters. The SMILES string of the molecule is Cl.Cl.[CH2]c1ccc(CCOc2ccc(F)cc2)cc1.